The summed E-state index contributed by atoms with van der Waals surface area (Å²) in [6, 6.07) is 7.28. The third-order valence-electron chi connectivity index (χ3n) is 4.35. The van der Waals surface area contributed by atoms with E-state index in [0.717, 1.165) is 5.92 Å². The van der Waals surface area contributed by atoms with Crippen molar-refractivity contribution in [2.75, 3.05) is 7.05 Å². The SMILES string of the molecule is CNC(Cc1c(C)cccc1C)CC1CCC1. The summed E-state index contributed by atoms with van der Waals surface area (Å²) in [4.78, 5) is 0. The second-order valence-electron chi connectivity index (χ2n) is 5.59. The number of aryl methyl sites for hydroxylation is 2. The summed E-state index contributed by atoms with van der Waals surface area (Å²) in [5.41, 5.74) is 4.43. The van der Waals surface area contributed by atoms with E-state index in [2.05, 4.69) is 44.4 Å². The lowest BCUT2D eigenvalue weighted by Gasteiger charge is -2.30. The van der Waals surface area contributed by atoms with Crippen LogP contribution in [0.5, 0.6) is 0 Å². The molecule has 17 heavy (non-hydrogen) atoms. The van der Waals surface area contributed by atoms with Gasteiger partial charge in [-0.3, -0.25) is 0 Å². The van der Waals surface area contributed by atoms with Crippen molar-refractivity contribution in [2.24, 2.45) is 5.92 Å². The van der Waals surface area contributed by atoms with Crippen molar-refractivity contribution in [2.45, 2.75) is 52.0 Å². The van der Waals surface area contributed by atoms with Gasteiger partial charge in [-0.25, -0.2) is 0 Å². The van der Waals surface area contributed by atoms with E-state index in [1.165, 1.54) is 43.2 Å². The fourth-order valence-electron chi connectivity index (χ4n) is 2.85. The van der Waals surface area contributed by atoms with E-state index < -0.39 is 0 Å². The monoisotopic (exact) mass is 231 g/mol. The molecular weight excluding hydrogens is 206 g/mol. The molecule has 0 aliphatic heterocycles. The Balaban J connectivity index is 2.01. The van der Waals surface area contributed by atoms with Crippen LogP contribution in [0.15, 0.2) is 18.2 Å². The summed E-state index contributed by atoms with van der Waals surface area (Å²) >= 11 is 0. The maximum Gasteiger partial charge on any atom is 0.0107 e. The van der Waals surface area contributed by atoms with Crippen molar-refractivity contribution >= 4 is 0 Å². The Hall–Kier alpha value is -0.820. The fraction of sp³-hybridized carbons (Fsp3) is 0.625. The van der Waals surface area contributed by atoms with Gasteiger partial charge in [-0.2, -0.15) is 0 Å². The van der Waals surface area contributed by atoms with Crippen LogP contribution in [0.3, 0.4) is 0 Å². The number of hydrogen-bond donors (Lipinski definition) is 1. The Morgan fingerprint density at radius 3 is 2.35 bits per heavy atom. The molecule has 1 saturated carbocycles. The van der Waals surface area contributed by atoms with Crippen LogP contribution < -0.4 is 5.32 Å². The quantitative estimate of drug-likeness (QED) is 0.816. The second-order valence-corrected chi connectivity index (χ2v) is 5.59. The predicted octanol–water partition coefficient (Wildman–Crippen LogP) is 3.62. The Kier molecular flexibility index (Phi) is 4.22. The van der Waals surface area contributed by atoms with Gasteiger partial charge >= 0.3 is 0 Å². The second kappa shape index (κ2) is 5.68. The van der Waals surface area contributed by atoms with Crippen LogP contribution in [-0.4, -0.2) is 13.1 Å². The van der Waals surface area contributed by atoms with Crippen molar-refractivity contribution in [1.29, 1.82) is 0 Å². The molecule has 94 valence electrons. The number of hydrogen-bond acceptors (Lipinski definition) is 1. The van der Waals surface area contributed by atoms with Gasteiger partial charge in [0.15, 0.2) is 0 Å². The fourth-order valence-corrected chi connectivity index (χ4v) is 2.85. The minimum absolute atomic E-state index is 0.653. The number of nitrogens with one attached hydrogen (secondary N) is 1. The van der Waals surface area contributed by atoms with Crippen LogP contribution in [0, 0.1) is 19.8 Å². The standard InChI is InChI=1S/C16H25N/c1-12-6-4-7-13(2)16(12)11-15(17-3)10-14-8-5-9-14/h4,6-7,14-15,17H,5,8-11H2,1-3H3. The van der Waals surface area contributed by atoms with E-state index in [1.807, 2.05) is 0 Å². The van der Waals surface area contributed by atoms with Gasteiger partial charge in [-0.05, 0) is 56.3 Å². The normalized spacial score (nSPS) is 17.8. The first-order valence-corrected chi connectivity index (χ1v) is 6.93. The Morgan fingerprint density at radius 1 is 1.24 bits per heavy atom. The molecule has 2 rings (SSSR count). The molecule has 1 aromatic rings. The van der Waals surface area contributed by atoms with Crippen LogP contribution in [0.4, 0.5) is 0 Å². The zero-order chi connectivity index (χ0) is 12.3. The average Bonchev–Trinajstić information content (AvgIpc) is 2.25. The molecule has 1 unspecified atom stereocenters. The summed E-state index contributed by atoms with van der Waals surface area (Å²) in [5.74, 6) is 0.983. The lowest BCUT2D eigenvalue weighted by atomic mass is 9.79. The topological polar surface area (TPSA) is 12.0 Å². The molecule has 1 N–H and O–H groups in total. The molecule has 1 atom stereocenters. The first-order valence-electron chi connectivity index (χ1n) is 6.93. The van der Waals surface area contributed by atoms with Gasteiger partial charge in [-0.15, -0.1) is 0 Å². The third kappa shape index (κ3) is 3.10. The summed E-state index contributed by atoms with van der Waals surface area (Å²) < 4.78 is 0. The molecular formula is C16H25N. The van der Waals surface area contributed by atoms with Crippen LogP contribution in [0.1, 0.15) is 42.4 Å². The van der Waals surface area contributed by atoms with Crippen molar-refractivity contribution < 1.29 is 0 Å². The zero-order valence-corrected chi connectivity index (χ0v) is 11.4. The molecule has 1 fully saturated rings. The maximum absolute atomic E-state index is 3.50. The summed E-state index contributed by atoms with van der Waals surface area (Å²) in [6.07, 6.45) is 6.89. The van der Waals surface area contributed by atoms with Gasteiger partial charge in [0.1, 0.15) is 0 Å². The molecule has 1 aliphatic carbocycles. The van der Waals surface area contributed by atoms with Crippen LogP contribution in [-0.2, 0) is 6.42 Å². The van der Waals surface area contributed by atoms with E-state index in [0.29, 0.717) is 6.04 Å². The van der Waals surface area contributed by atoms with Gasteiger partial charge in [0.25, 0.3) is 0 Å². The predicted molar refractivity (Wildman–Crippen MR) is 74.4 cm³/mol. The molecule has 0 aromatic heterocycles. The first kappa shape index (κ1) is 12.6. The van der Waals surface area contributed by atoms with Crippen LogP contribution >= 0.6 is 0 Å². The third-order valence-corrected chi connectivity index (χ3v) is 4.35. The minimum Gasteiger partial charge on any atom is -0.317 e. The van der Waals surface area contributed by atoms with Gasteiger partial charge in [0, 0.05) is 6.04 Å². The Morgan fingerprint density at radius 2 is 1.88 bits per heavy atom. The molecule has 1 aromatic carbocycles. The Bertz CT molecular complexity index is 346. The van der Waals surface area contributed by atoms with Crippen molar-refractivity contribution in [3.8, 4) is 0 Å². The largest absolute Gasteiger partial charge is 0.317 e. The van der Waals surface area contributed by atoms with Crippen molar-refractivity contribution in [3.05, 3.63) is 34.9 Å². The molecule has 1 heteroatoms. The van der Waals surface area contributed by atoms with Crippen LogP contribution in [0.25, 0.3) is 0 Å². The molecule has 0 spiro atoms. The van der Waals surface area contributed by atoms with E-state index in [1.54, 1.807) is 5.56 Å². The number of likely N-dealkylation sites (N-methyl/N-ethyl adjacent to an activating group) is 1. The first-order chi connectivity index (χ1) is 8.20. The smallest absolute Gasteiger partial charge is 0.0107 e. The lowest BCUT2D eigenvalue weighted by molar-refractivity contribution is 0.263. The maximum atomic E-state index is 3.50. The molecule has 0 radical (unpaired) electrons. The van der Waals surface area contributed by atoms with Crippen LogP contribution in [0.2, 0.25) is 0 Å². The molecule has 0 bridgehead atoms. The van der Waals surface area contributed by atoms with E-state index >= 15 is 0 Å². The molecule has 0 amide bonds. The molecule has 1 nitrogen and oxygen atoms in total. The minimum atomic E-state index is 0.653. The highest BCUT2D eigenvalue weighted by molar-refractivity contribution is 5.34. The van der Waals surface area contributed by atoms with Gasteiger partial charge in [0.05, 0.1) is 0 Å². The van der Waals surface area contributed by atoms with E-state index in [4.69, 9.17) is 0 Å². The van der Waals surface area contributed by atoms with Crippen molar-refractivity contribution in [1.82, 2.24) is 5.32 Å². The van der Waals surface area contributed by atoms with Gasteiger partial charge in [0.2, 0.25) is 0 Å². The summed E-state index contributed by atoms with van der Waals surface area (Å²) in [7, 11) is 2.11. The summed E-state index contributed by atoms with van der Waals surface area (Å²) in [6.45, 7) is 4.47. The molecule has 1 aliphatic rings. The van der Waals surface area contributed by atoms with Crippen molar-refractivity contribution in [3.63, 3.8) is 0 Å². The molecule has 0 saturated heterocycles. The highest BCUT2D eigenvalue weighted by atomic mass is 14.9. The highest BCUT2D eigenvalue weighted by Crippen LogP contribution is 2.31. The summed E-state index contributed by atoms with van der Waals surface area (Å²) in [5, 5.41) is 3.50. The van der Waals surface area contributed by atoms with Gasteiger partial charge < -0.3 is 5.32 Å². The lowest BCUT2D eigenvalue weighted by Crippen LogP contribution is -2.32. The Labute approximate surface area is 106 Å². The molecule has 0 heterocycles. The number of benzene rings is 1. The van der Waals surface area contributed by atoms with Gasteiger partial charge in [-0.1, -0.05) is 37.5 Å². The highest BCUT2D eigenvalue weighted by Gasteiger charge is 2.22. The van der Waals surface area contributed by atoms with E-state index in [9.17, 15) is 0 Å². The number of rotatable bonds is 5. The average molecular weight is 231 g/mol. The van der Waals surface area contributed by atoms with E-state index in [-0.39, 0.29) is 0 Å². The zero-order valence-electron chi connectivity index (χ0n) is 11.4.